The smallest absolute Gasteiger partial charge is 0.213 e. The number of aromatic nitrogens is 2. The number of benzene rings is 1. The molecule has 0 saturated carbocycles. The lowest BCUT2D eigenvalue weighted by Gasteiger charge is -2.30. The number of morpholine rings is 1. The van der Waals surface area contributed by atoms with Crippen LogP contribution in [0.3, 0.4) is 0 Å². The summed E-state index contributed by atoms with van der Waals surface area (Å²) in [5.41, 5.74) is 3.09. The summed E-state index contributed by atoms with van der Waals surface area (Å²) < 4.78 is 27.1. The highest BCUT2D eigenvalue weighted by Gasteiger charge is 2.21. The zero-order chi connectivity index (χ0) is 18.3. The summed E-state index contributed by atoms with van der Waals surface area (Å²) in [5, 5.41) is 1.97. The SMILES string of the molecule is COc1cc(C)c2c3cc(F)ncc3n(C(C)CN3CCOCC3)c2c1. The van der Waals surface area contributed by atoms with Crippen LogP contribution in [0.4, 0.5) is 4.39 Å². The van der Waals surface area contributed by atoms with Crippen LogP contribution >= 0.6 is 0 Å². The number of ether oxygens (including phenoxy) is 2. The Bertz CT molecular complexity index is 947. The maximum absolute atomic E-state index is 13.9. The molecule has 1 aliphatic heterocycles. The molecule has 4 rings (SSSR count). The standard InChI is InChI=1S/C20H24FN3O2/c1-13-8-15(25-3)9-17-20(13)16-10-19(21)22-11-18(16)24(17)14(2)12-23-4-6-26-7-5-23/h8-11,14H,4-7,12H2,1-3H3. The molecule has 3 heterocycles. The summed E-state index contributed by atoms with van der Waals surface area (Å²) in [5.74, 6) is 0.360. The molecule has 1 aliphatic rings. The largest absolute Gasteiger partial charge is 0.497 e. The molecule has 0 radical (unpaired) electrons. The summed E-state index contributed by atoms with van der Waals surface area (Å²) in [6.45, 7) is 8.59. The Kier molecular flexibility index (Phi) is 4.54. The highest BCUT2D eigenvalue weighted by atomic mass is 19.1. The van der Waals surface area contributed by atoms with E-state index in [1.165, 1.54) is 6.07 Å². The van der Waals surface area contributed by atoms with Gasteiger partial charge in [0, 0.05) is 48.6 Å². The summed E-state index contributed by atoms with van der Waals surface area (Å²) in [6.07, 6.45) is 1.65. The van der Waals surface area contributed by atoms with E-state index in [0.29, 0.717) is 0 Å². The van der Waals surface area contributed by atoms with Gasteiger partial charge >= 0.3 is 0 Å². The Morgan fingerprint density at radius 2 is 2.00 bits per heavy atom. The summed E-state index contributed by atoms with van der Waals surface area (Å²) in [7, 11) is 1.67. The quantitative estimate of drug-likeness (QED) is 0.670. The molecule has 1 aromatic carbocycles. The van der Waals surface area contributed by atoms with Gasteiger partial charge in [0.05, 0.1) is 37.6 Å². The third kappa shape index (κ3) is 2.93. The van der Waals surface area contributed by atoms with Crippen molar-refractivity contribution in [3.05, 3.63) is 35.9 Å². The molecule has 1 saturated heterocycles. The van der Waals surface area contributed by atoms with Crippen molar-refractivity contribution in [2.45, 2.75) is 19.9 Å². The van der Waals surface area contributed by atoms with Gasteiger partial charge in [-0.15, -0.1) is 0 Å². The van der Waals surface area contributed by atoms with E-state index in [-0.39, 0.29) is 6.04 Å². The molecule has 26 heavy (non-hydrogen) atoms. The van der Waals surface area contributed by atoms with Crippen LogP contribution in [0.25, 0.3) is 21.8 Å². The maximum Gasteiger partial charge on any atom is 0.213 e. The van der Waals surface area contributed by atoms with Gasteiger partial charge in [0.2, 0.25) is 5.95 Å². The minimum absolute atomic E-state index is 0.215. The average molecular weight is 357 g/mol. The van der Waals surface area contributed by atoms with Gasteiger partial charge in [0.25, 0.3) is 0 Å². The van der Waals surface area contributed by atoms with E-state index in [1.54, 1.807) is 13.3 Å². The van der Waals surface area contributed by atoms with Gasteiger partial charge in [0.15, 0.2) is 0 Å². The molecule has 3 aromatic rings. The zero-order valence-electron chi connectivity index (χ0n) is 15.5. The molecular formula is C20H24FN3O2. The second-order valence-corrected chi connectivity index (χ2v) is 6.99. The molecule has 0 spiro atoms. The molecule has 0 aliphatic carbocycles. The fourth-order valence-corrected chi connectivity index (χ4v) is 4.05. The van der Waals surface area contributed by atoms with E-state index in [4.69, 9.17) is 9.47 Å². The summed E-state index contributed by atoms with van der Waals surface area (Å²) in [4.78, 5) is 6.32. The molecule has 1 fully saturated rings. The third-order valence-electron chi connectivity index (χ3n) is 5.23. The fraction of sp³-hybridized carbons (Fsp3) is 0.450. The molecular weight excluding hydrogens is 333 g/mol. The van der Waals surface area contributed by atoms with Gasteiger partial charge in [-0.2, -0.15) is 4.39 Å². The van der Waals surface area contributed by atoms with Gasteiger partial charge in [0.1, 0.15) is 5.75 Å². The number of aryl methyl sites for hydroxylation is 1. The maximum atomic E-state index is 13.9. The van der Waals surface area contributed by atoms with Crippen LogP contribution in [-0.4, -0.2) is 54.4 Å². The Labute approximate surface area is 152 Å². The van der Waals surface area contributed by atoms with Gasteiger partial charge < -0.3 is 14.0 Å². The van der Waals surface area contributed by atoms with Crippen LogP contribution in [-0.2, 0) is 4.74 Å². The number of fused-ring (bicyclic) bond motifs is 3. The Hall–Kier alpha value is -2.18. The Morgan fingerprint density at radius 3 is 2.73 bits per heavy atom. The second-order valence-electron chi connectivity index (χ2n) is 6.99. The molecule has 138 valence electrons. The van der Waals surface area contributed by atoms with Gasteiger partial charge in [-0.3, -0.25) is 4.90 Å². The minimum Gasteiger partial charge on any atom is -0.497 e. The highest BCUT2D eigenvalue weighted by molar-refractivity contribution is 6.10. The number of rotatable bonds is 4. The van der Waals surface area contributed by atoms with Crippen LogP contribution in [0.2, 0.25) is 0 Å². The first kappa shape index (κ1) is 17.2. The lowest BCUT2D eigenvalue weighted by Crippen LogP contribution is -2.39. The lowest BCUT2D eigenvalue weighted by atomic mass is 10.1. The number of halogens is 1. The van der Waals surface area contributed by atoms with Crippen LogP contribution in [0.5, 0.6) is 5.75 Å². The number of methoxy groups -OCH3 is 1. The van der Waals surface area contributed by atoms with E-state index in [2.05, 4.69) is 21.4 Å². The molecule has 0 amide bonds. The topological polar surface area (TPSA) is 39.5 Å². The number of nitrogens with zero attached hydrogens (tertiary/aromatic N) is 3. The van der Waals surface area contributed by atoms with Crippen molar-refractivity contribution < 1.29 is 13.9 Å². The average Bonchev–Trinajstić information content (AvgIpc) is 2.96. The predicted octanol–water partition coefficient (Wildman–Crippen LogP) is 3.54. The summed E-state index contributed by atoms with van der Waals surface area (Å²) >= 11 is 0. The molecule has 5 nitrogen and oxygen atoms in total. The van der Waals surface area contributed by atoms with Crippen molar-refractivity contribution in [2.24, 2.45) is 0 Å². The first-order valence-electron chi connectivity index (χ1n) is 9.02. The molecule has 0 bridgehead atoms. The first-order valence-corrected chi connectivity index (χ1v) is 9.02. The van der Waals surface area contributed by atoms with Crippen LogP contribution < -0.4 is 4.74 Å². The Balaban J connectivity index is 1.88. The second kappa shape index (κ2) is 6.85. The van der Waals surface area contributed by atoms with E-state index in [0.717, 1.165) is 66.0 Å². The van der Waals surface area contributed by atoms with E-state index >= 15 is 0 Å². The van der Waals surface area contributed by atoms with Crippen molar-refractivity contribution in [1.29, 1.82) is 0 Å². The zero-order valence-corrected chi connectivity index (χ0v) is 15.5. The van der Waals surface area contributed by atoms with Crippen LogP contribution in [0.1, 0.15) is 18.5 Å². The lowest BCUT2D eigenvalue weighted by molar-refractivity contribution is 0.0330. The number of pyridine rings is 1. The van der Waals surface area contributed by atoms with Crippen LogP contribution in [0.15, 0.2) is 24.4 Å². The van der Waals surface area contributed by atoms with Gasteiger partial charge in [-0.1, -0.05) is 0 Å². The number of hydrogen-bond acceptors (Lipinski definition) is 4. The van der Waals surface area contributed by atoms with E-state index in [9.17, 15) is 4.39 Å². The first-order chi connectivity index (χ1) is 12.6. The van der Waals surface area contributed by atoms with Crippen molar-refractivity contribution >= 4 is 21.8 Å². The van der Waals surface area contributed by atoms with Crippen molar-refractivity contribution in [2.75, 3.05) is 40.0 Å². The molecule has 1 atom stereocenters. The van der Waals surface area contributed by atoms with Crippen molar-refractivity contribution in [3.63, 3.8) is 0 Å². The van der Waals surface area contributed by atoms with Crippen LogP contribution in [0, 0.1) is 12.9 Å². The molecule has 2 aromatic heterocycles. The van der Waals surface area contributed by atoms with Gasteiger partial charge in [-0.05, 0) is 25.5 Å². The van der Waals surface area contributed by atoms with E-state index < -0.39 is 5.95 Å². The molecule has 6 heteroatoms. The minimum atomic E-state index is -0.451. The molecule has 1 unspecified atom stereocenters. The normalized spacial score (nSPS) is 17.1. The van der Waals surface area contributed by atoms with Crippen molar-refractivity contribution in [3.8, 4) is 5.75 Å². The van der Waals surface area contributed by atoms with Crippen molar-refractivity contribution in [1.82, 2.24) is 14.5 Å². The number of hydrogen-bond donors (Lipinski definition) is 0. The Morgan fingerprint density at radius 1 is 1.23 bits per heavy atom. The predicted molar refractivity (Wildman–Crippen MR) is 100 cm³/mol. The van der Waals surface area contributed by atoms with E-state index in [1.807, 2.05) is 19.1 Å². The molecule has 0 N–H and O–H groups in total. The monoisotopic (exact) mass is 357 g/mol. The highest BCUT2D eigenvalue weighted by Crippen LogP contribution is 2.36. The van der Waals surface area contributed by atoms with Gasteiger partial charge in [-0.25, -0.2) is 4.98 Å². The third-order valence-corrected chi connectivity index (χ3v) is 5.23. The summed E-state index contributed by atoms with van der Waals surface area (Å²) in [6, 6.07) is 5.79. The fourth-order valence-electron chi connectivity index (χ4n) is 4.05.